The van der Waals surface area contributed by atoms with Crippen molar-refractivity contribution in [3.8, 4) is 0 Å². The smallest absolute Gasteiger partial charge is 0.373 e. The summed E-state index contributed by atoms with van der Waals surface area (Å²) in [7, 11) is 0. The van der Waals surface area contributed by atoms with Crippen LogP contribution in [0.4, 0.5) is 13.2 Å². The Balaban J connectivity index is 2.21. The number of piperazine rings is 1. The summed E-state index contributed by atoms with van der Waals surface area (Å²) in [5.74, 6) is -1.30. The number of hydrogen-bond donors (Lipinski definition) is 1. The Labute approximate surface area is 152 Å². The predicted molar refractivity (Wildman–Crippen MR) is 93.3 cm³/mol. The van der Waals surface area contributed by atoms with Gasteiger partial charge in [-0.2, -0.15) is 13.2 Å². The van der Waals surface area contributed by atoms with E-state index in [1.807, 2.05) is 51.1 Å². The topological polar surface area (TPSA) is 43.8 Å². The molecule has 0 aromatic heterocycles. The highest BCUT2D eigenvalue weighted by Crippen LogP contribution is 2.34. The Kier molecular flexibility index (Phi) is 6.02. The maximum Gasteiger partial charge on any atom is 0.426 e. The first-order valence-electron chi connectivity index (χ1n) is 8.83. The highest BCUT2D eigenvalue weighted by Gasteiger charge is 2.58. The van der Waals surface area contributed by atoms with Gasteiger partial charge in [-0.1, -0.05) is 44.2 Å². The van der Waals surface area contributed by atoms with Crippen molar-refractivity contribution in [3.63, 3.8) is 0 Å². The lowest BCUT2D eigenvalue weighted by Crippen LogP contribution is -2.66. The quantitative estimate of drug-likeness (QED) is 0.884. The van der Waals surface area contributed by atoms with E-state index in [1.54, 1.807) is 0 Å². The zero-order valence-electron chi connectivity index (χ0n) is 15.6. The lowest BCUT2D eigenvalue weighted by Gasteiger charge is -2.48. The van der Waals surface area contributed by atoms with E-state index in [9.17, 15) is 23.1 Å². The molecule has 146 valence electrons. The summed E-state index contributed by atoms with van der Waals surface area (Å²) < 4.78 is 39.4. The number of benzene rings is 1. The molecule has 1 aromatic carbocycles. The van der Waals surface area contributed by atoms with E-state index >= 15 is 0 Å². The highest BCUT2D eigenvalue weighted by molar-refractivity contribution is 5.86. The summed E-state index contributed by atoms with van der Waals surface area (Å²) in [6.07, 6.45) is -5.00. The minimum atomic E-state index is -5.00. The first-order valence-corrected chi connectivity index (χ1v) is 8.83. The van der Waals surface area contributed by atoms with Gasteiger partial charge in [0, 0.05) is 31.7 Å². The molecule has 4 nitrogen and oxygen atoms in total. The average molecular weight is 372 g/mol. The van der Waals surface area contributed by atoms with Gasteiger partial charge in [-0.25, -0.2) is 0 Å². The third kappa shape index (κ3) is 4.20. The van der Waals surface area contributed by atoms with Crippen LogP contribution in [0.5, 0.6) is 0 Å². The summed E-state index contributed by atoms with van der Waals surface area (Å²) in [6, 6.07) is 9.32. The molecule has 3 atom stereocenters. The van der Waals surface area contributed by atoms with Gasteiger partial charge in [0.1, 0.15) is 0 Å². The van der Waals surface area contributed by atoms with E-state index in [0.717, 1.165) is 5.56 Å². The molecule has 0 bridgehead atoms. The van der Waals surface area contributed by atoms with Crippen molar-refractivity contribution >= 4 is 5.91 Å². The minimum Gasteiger partial charge on any atom is -0.373 e. The molecule has 0 unspecified atom stereocenters. The van der Waals surface area contributed by atoms with Crippen molar-refractivity contribution in [1.82, 2.24) is 9.80 Å². The van der Waals surface area contributed by atoms with E-state index in [2.05, 4.69) is 4.90 Å². The van der Waals surface area contributed by atoms with E-state index in [4.69, 9.17) is 0 Å². The lowest BCUT2D eigenvalue weighted by atomic mass is 9.93. The third-order valence-electron chi connectivity index (χ3n) is 5.13. The first kappa shape index (κ1) is 20.7. The molecule has 1 amide bonds. The van der Waals surface area contributed by atoms with Crippen molar-refractivity contribution in [2.24, 2.45) is 5.92 Å². The molecule has 0 radical (unpaired) electrons. The van der Waals surface area contributed by atoms with Crippen LogP contribution in [-0.4, -0.2) is 57.8 Å². The van der Waals surface area contributed by atoms with Crippen molar-refractivity contribution in [3.05, 3.63) is 35.9 Å². The Bertz CT molecular complexity index is 617. The summed E-state index contributed by atoms with van der Waals surface area (Å²) in [6.45, 7) is 7.47. The maximum absolute atomic E-state index is 13.1. The molecule has 2 rings (SSSR count). The number of amides is 1. The molecule has 0 aliphatic carbocycles. The number of nitrogens with zero attached hydrogens (tertiary/aromatic N) is 2. The summed E-state index contributed by atoms with van der Waals surface area (Å²) in [5, 5.41) is 9.83. The molecule has 1 aliphatic heterocycles. The van der Waals surface area contributed by atoms with Crippen LogP contribution in [0, 0.1) is 5.92 Å². The van der Waals surface area contributed by atoms with Gasteiger partial charge >= 0.3 is 6.18 Å². The number of hydrogen-bond acceptors (Lipinski definition) is 3. The third-order valence-corrected chi connectivity index (χ3v) is 5.13. The second-order valence-corrected chi connectivity index (χ2v) is 7.60. The standard InChI is InChI=1S/C19H27F3N2O2/c1-13(2)16-12-23(11-15-8-6-5-7-9-15)14(3)10-24(16)17(25)18(4,26)19(20,21)22/h5-9,13-14,16,26H,10-12H2,1-4H3/t14-,16-,18-/m1/s1. The molecular formula is C19H27F3N2O2. The maximum atomic E-state index is 13.1. The Morgan fingerprint density at radius 1 is 1.23 bits per heavy atom. The lowest BCUT2D eigenvalue weighted by molar-refractivity contribution is -0.252. The Morgan fingerprint density at radius 3 is 2.31 bits per heavy atom. The molecule has 1 heterocycles. The second kappa shape index (κ2) is 7.56. The molecule has 26 heavy (non-hydrogen) atoms. The molecule has 1 aliphatic rings. The molecule has 0 saturated carbocycles. The van der Waals surface area contributed by atoms with Crippen LogP contribution < -0.4 is 0 Å². The molecule has 7 heteroatoms. The van der Waals surface area contributed by atoms with Crippen molar-refractivity contribution in [2.75, 3.05) is 13.1 Å². The van der Waals surface area contributed by atoms with Gasteiger partial charge in [0.05, 0.1) is 0 Å². The summed E-state index contributed by atoms with van der Waals surface area (Å²) >= 11 is 0. The minimum absolute atomic E-state index is 0.0336. The van der Waals surface area contributed by atoms with Crippen LogP contribution in [0.3, 0.4) is 0 Å². The molecular weight excluding hydrogens is 345 g/mol. The monoisotopic (exact) mass is 372 g/mol. The van der Waals surface area contributed by atoms with Gasteiger partial charge in [0.2, 0.25) is 5.60 Å². The normalized spacial score (nSPS) is 24.6. The fourth-order valence-corrected chi connectivity index (χ4v) is 3.30. The first-order chi connectivity index (χ1) is 11.9. The molecule has 1 fully saturated rings. The van der Waals surface area contributed by atoms with E-state index in [0.29, 0.717) is 20.0 Å². The largest absolute Gasteiger partial charge is 0.426 e. The van der Waals surface area contributed by atoms with Crippen molar-refractivity contribution < 1.29 is 23.1 Å². The number of rotatable bonds is 4. The SMILES string of the molecule is CC(C)[C@H]1CN(Cc2ccccc2)[C@H](C)CN1C(=O)[C@@](C)(O)C(F)(F)F. The van der Waals surface area contributed by atoms with Crippen molar-refractivity contribution in [1.29, 1.82) is 0 Å². The summed E-state index contributed by atoms with van der Waals surface area (Å²) in [5.41, 5.74) is -2.26. The van der Waals surface area contributed by atoms with E-state index < -0.39 is 23.7 Å². The number of carbonyl (C=O) groups excluding carboxylic acids is 1. The van der Waals surface area contributed by atoms with Crippen LogP contribution in [0.1, 0.15) is 33.3 Å². The van der Waals surface area contributed by atoms with Gasteiger partial charge in [-0.15, -0.1) is 0 Å². The number of aliphatic hydroxyl groups is 1. The second-order valence-electron chi connectivity index (χ2n) is 7.60. The van der Waals surface area contributed by atoms with Gasteiger partial charge in [0.25, 0.3) is 5.91 Å². The molecule has 1 N–H and O–H groups in total. The average Bonchev–Trinajstić information content (AvgIpc) is 2.55. The van der Waals surface area contributed by atoms with Crippen LogP contribution >= 0.6 is 0 Å². The van der Waals surface area contributed by atoms with Crippen LogP contribution in [0.15, 0.2) is 30.3 Å². The molecule has 0 spiro atoms. The van der Waals surface area contributed by atoms with Crippen LogP contribution in [0.2, 0.25) is 0 Å². The fraction of sp³-hybridized carbons (Fsp3) is 0.632. The van der Waals surface area contributed by atoms with Crippen molar-refractivity contribution in [2.45, 2.75) is 58.1 Å². The van der Waals surface area contributed by atoms with Crippen LogP contribution in [0.25, 0.3) is 0 Å². The zero-order valence-corrected chi connectivity index (χ0v) is 15.6. The van der Waals surface area contributed by atoms with Crippen LogP contribution in [-0.2, 0) is 11.3 Å². The van der Waals surface area contributed by atoms with E-state index in [-0.39, 0.29) is 18.5 Å². The van der Waals surface area contributed by atoms with Gasteiger partial charge < -0.3 is 10.0 Å². The fourth-order valence-electron chi connectivity index (χ4n) is 3.30. The molecule has 1 aromatic rings. The Hall–Kier alpha value is -1.60. The van der Waals surface area contributed by atoms with Gasteiger partial charge in [-0.3, -0.25) is 9.69 Å². The van der Waals surface area contributed by atoms with Gasteiger partial charge in [0.15, 0.2) is 0 Å². The van der Waals surface area contributed by atoms with Gasteiger partial charge in [-0.05, 0) is 25.3 Å². The Morgan fingerprint density at radius 2 is 1.81 bits per heavy atom. The number of halogens is 3. The van der Waals surface area contributed by atoms with E-state index in [1.165, 1.54) is 4.90 Å². The summed E-state index contributed by atoms with van der Waals surface area (Å²) in [4.78, 5) is 15.9. The number of alkyl halides is 3. The zero-order chi connectivity index (χ0) is 19.7. The predicted octanol–water partition coefficient (Wildman–Crippen LogP) is 3.06. The number of carbonyl (C=O) groups is 1. The highest BCUT2D eigenvalue weighted by atomic mass is 19.4. The molecule has 1 saturated heterocycles.